The summed E-state index contributed by atoms with van der Waals surface area (Å²) in [6.07, 6.45) is 0. The van der Waals surface area contributed by atoms with E-state index in [0.717, 1.165) is 13.1 Å². The van der Waals surface area contributed by atoms with Crippen LogP contribution in [0.3, 0.4) is 0 Å². The van der Waals surface area contributed by atoms with Crippen LogP contribution in [0, 0.1) is 10.1 Å². The van der Waals surface area contributed by atoms with Crippen molar-refractivity contribution in [3.63, 3.8) is 0 Å². The summed E-state index contributed by atoms with van der Waals surface area (Å²) in [5, 5.41) is 14.6. The second-order valence-corrected chi connectivity index (χ2v) is 4.85. The van der Waals surface area contributed by atoms with E-state index in [1.165, 1.54) is 18.2 Å². The van der Waals surface area contributed by atoms with Gasteiger partial charge in [-0.2, -0.15) is 0 Å². The summed E-state index contributed by atoms with van der Waals surface area (Å²) in [7, 11) is 0. The zero-order chi connectivity index (χ0) is 13.8. The third-order valence-electron chi connectivity index (χ3n) is 3.28. The van der Waals surface area contributed by atoms with E-state index in [0.29, 0.717) is 23.7 Å². The quantitative estimate of drug-likeness (QED) is 0.662. The van der Waals surface area contributed by atoms with Crippen molar-refractivity contribution < 1.29 is 9.31 Å². The van der Waals surface area contributed by atoms with Crippen LogP contribution in [0.15, 0.2) is 18.2 Å². The first-order chi connectivity index (χ1) is 9.13. The van der Waals surface area contributed by atoms with E-state index in [9.17, 15) is 14.5 Å². The first-order valence-corrected chi connectivity index (χ1v) is 6.46. The SMILES string of the molecule is Cl.Cl.O=[N+]([O-])c1ccc(Cl)cc1[C@H](CF)N1CCNCC1. The van der Waals surface area contributed by atoms with Crippen LogP contribution in [-0.4, -0.2) is 42.7 Å². The Hall–Kier alpha value is -0.660. The van der Waals surface area contributed by atoms with Crippen LogP contribution in [0.5, 0.6) is 0 Å². The Morgan fingerprint density at radius 2 is 2.00 bits per heavy atom. The van der Waals surface area contributed by atoms with Crippen LogP contribution in [0.25, 0.3) is 0 Å². The highest BCUT2D eigenvalue weighted by Gasteiger charge is 2.28. The second kappa shape index (κ2) is 9.38. The second-order valence-electron chi connectivity index (χ2n) is 4.42. The average Bonchev–Trinajstić information content (AvgIpc) is 2.40. The molecular weight excluding hydrogens is 344 g/mol. The molecule has 120 valence electrons. The molecule has 9 heteroatoms. The molecule has 0 aromatic heterocycles. The zero-order valence-corrected chi connectivity index (χ0v) is 13.5. The van der Waals surface area contributed by atoms with E-state index in [1.807, 2.05) is 4.90 Å². The lowest BCUT2D eigenvalue weighted by molar-refractivity contribution is -0.386. The van der Waals surface area contributed by atoms with Crippen LogP contribution in [0.1, 0.15) is 11.6 Å². The Morgan fingerprint density at radius 1 is 1.38 bits per heavy atom. The minimum Gasteiger partial charge on any atom is -0.314 e. The summed E-state index contributed by atoms with van der Waals surface area (Å²) in [5.74, 6) is 0. The number of nitrogens with one attached hydrogen (secondary N) is 1. The van der Waals surface area contributed by atoms with Gasteiger partial charge in [0, 0.05) is 37.3 Å². The molecule has 0 aliphatic carbocycles. The molecular formula is C12H17Cl3FN3O2. The summed E-state index contributed by atoms with van der Waals surface area (Å²) < 4.78 is 13.4. The molecule has 0 amide bonds. The van der Waals surface area contributed by atoms with Crippen LogP contribution in [0.2, 0.25) is 5.02 Å². The van der Waals surface area contributed by atoms with Crippen LogP contribution in [-0.2, 0) is 0 Å². The number of nitro groups is 1. The molecule has 0 bridgehead atoms. The maximum absolute atomic E-state index is 13.4. The zero-order valence-electron chi connectivity index (χ0n) is 11.1. The number of benzene rings is 1. The molecule has 1 saturated heterocycles. The Balaban J connectivity index is 0.00000200. The van der Waals surface area contributed by atoms with E-state index in [2.05, 4.69) is 5.32 Å². The maximum Gasteiger partial charge on any atom is 0.274 e. The number of hydrogen-bond acceptors (Lipinski definition) is 4. The summed E-state index contributed by atoms with van der Waals surface area (Å²) in [5.41, 5.74) is 0.271. The molecule has 1 atom stereocenters. The Morgan fingerprint density at radius 3 is 2.52 bits per heavy atom. The van der Waals surface area contributed by atoms with Gasteiger partial charge in [0.2, 0.25) is 0 Å². The molecule has 0 spiro atoms. The smallest absolute Gasteiger partial charge is 0.274 e. The molecule has 0 unspecified atom stereocenters. The van der Waals surface area contributed by atoms with Gasteiger partial charge in [-0.05, 0) is 12.1 Å². The highest BCUT2D eigenvalue weighted by Crippen LogP contribution is 2.32. The molecule has 1 fully saturated rings. The van der Waals surface area contributed by atoms with Crippen molar-refractivity contribution >= 4 is 42.1 Å². The summed E-state index contributed by atoms with van der Waals surface area (Å²) in [6.45, 7) is 2.17. The van der Waals surface area contributed by atoms with Crippen LogP contribution in [0.4, 0.5) is 10.1 Å². The van der Waals surface area contributed by atoms with Crippen molar-refractivity contribution in [3.8, 4) is 0 Å². The highest BCUT2D eigenvalue weighted by molar-refractivity contribution is 6.30. The van der Waals surface area contributed by atoms with Gasteiger partial charge in [-0.15, -0.1) is 24.8 Å². The Labute approximate surface area is 139 Å². The predicted molar refractivity (Wildman–Crippen MR) is 85.8 cm³/mol. The number of alkyl halides is 1. The third-order valence-corrected chi connectivity index (χ3v) is 3.52. The van der Waals surface area contributed by atoms with Gasteiger partial charge < -0.3 is 5.32 Å². The van der Waals surface area contributed by atoms with Gasteiger partial charge in [0.05, 0.1) is 16.5 Å². The number of rotatable bonds is 4. The molecule has 0 radical (unpaired) electrons. The van der Waals surface area contributed by atoms with Gasteiger partial charge in [0.15, 0.2) is 0 Å². The number of halogens is 4. The average molecular weight is 361 g/mol. The normalized spacial score (nSPS) is 16.5. The van der Waals surface area contributed by atoms with E-state index in [-0.39, 0.29) is 30.5 Å². The predicted octanol–water partition coefficient (Wildman–Crippen LogP) is 3.01. The summed E-state index contributed by atoms with van der Waals surface area (Å²) >= 11 is 5.89. The maximum atomic E-state index is 13.4. The fourth-order valence-electron chi connectivity index (χ4n) is 2.33. The van der Waals surface area contributed by atoms with Crippen molar-refractivity contribution in [2.45, 2.75) is 6.04 Å². The van der Waals surface area contributed by atoms with Crippen molar-refractivity contribution in [1.29, 1.82) is 0 Å². The van der Waals surface area contributed by atoms with Gasteiger partial charge in [-0.1, -0.05) is 11.6 Å². The van der Waals surface area contributed by atoms with Crippen molar-refractivity contribution in [2.75, 3.05) is 32.9 Å². The fourth-order valence-corrected chi connectivity index (χ4v) is 2.51. The summed E-state index contributed by atoms with van der Waals surface area (Å²) in [6, 6.07) is 3.67. The number of nitrogens with zero attached hydrogens (tertiary/aromatic N) is 2. The minimum absolute atomic E-state index is 0. The number of hydrogen-bond donors (Lipinski definition) is 1. The van der Waals surface area contributed by atoms with Gasteiger partial charge >= 0.3 is 0 Å². The minimum atomic E-state index is -0.665. The van der Waals surface area contributed by atoms with Crippen molar-refractivity contribution in [2.24, 2.45) is 0 Å². The molecule has 0 saturated carbocycles. The monoisotopic (exact) mass is 359 g/mol. The van der Waals surface area contributed by atoms with E-state index >= 15 is 0 Å². The van der Waals surface area contributed by atoms with Crippen LogP contribution >= 0.6 is 36.4 Å². The molecule has 21 heavy (non-hydrogen) atoms. The molecule has 1 heterocycles. The Kier molecular flexibility index (Phi) is 9.08. The van der Waals surface area contributed by atoms with E-state index < -0.39 is 17.6 Å². The van der Waals surface area contributed by atoms with Gasteiger partial charge in [0.1, 0.15) is 6.67 Å². The first-order valence-electron chi connectivity index (χ1n) is 6.08. The van der Waals surface area contributed by atoms with Crippen molar-refractivity contribution in [1.82, 2.24) is 10.2 Å². The molecule has 1 aliphatic rings. The van der Waals surface area contributed by atoms with E-state index in [1.54, 1.807) is 0 Å². The van der Waals surface area contributed by atoms with Gasteiger partial charge in [-0.25, -0.2) is 4.39 Å². The lowest BCUT2D eigenvalue weighted by atomic mass is 10.0. The van der Waals surface area contributed by atoms with Crippen molar-refractivity contribution in [3.05, 3.63) is 38.9 Å². The Bertz CT molecular complexity index is 473. The molecule has 5 nitrogen and oxygen atoms in total. The van der Waals surface area contributed by atoms with Gasteiger partial charge in [0.25, 0.3) is 5.69 Å². The third kappa shape index (κ3) is 4.93. The first kappa shape index (κ1) is 20.3. The lowest BCUT2D eigenvalue weighted by Gasteiger charge is -2.33. The standard InChI is InChI=1S/C12H15ClFN3O2.2ClH/c13-9-1-2-11(17(18)19)10(7-9)12(8-14)16-5-3-15-4-6-16;;/h1-2,7,12,15H,3-6,8H2;2*1H/t12-;;/m0../s1. The van der Waals surface area contributed by atoms with Crippen LogP contribution < -0.4 is 5.32 Å². The number of nitro benzene ring substituents is 1. The molecule has 2 rings (SSSR count). The molecule has 1 aliphatic heterocycles. The summed E-state index contributed by atoms with van der Waals surface area (Å²) in [4.78, 5) is 12.5. The van der Waals surface area contributed by atoms with Gasteiger partial charge in [-0.3, -0.25) is 15.0 Å². The number of piperazine rings is 1. The topological polar surface area (TPSA) is 58.4 Å². The molecule has 1 N–H and O–H groups in total. The molecule has 1 aromatic rings. The largest absolute Gasteiger partial charge is 0.314 e. The highest BCUT2D eigenvalue weighted by atomic mass is 35.5. The fraction of sp³-hybridized carbons (Fsp3) is 0.500. The molecule has 1 aromatic carbocycles. The van der Waals surface area contributed by atoms with E-state index in [4.69, 9.17) is 11.6 Å². The lowest BCUT2D eigenvalue weighted by Crippen LogP contribution is -2.45.